The molecular weight excluding hydrogens is 390 g/mol. The summed E-state index contributed by atoms with van der Waals surface area (Å²) in [5.74, 6) is -0.0148. The highest BCUT2D eigenvalue weighted by molar-refractivity contribution is 5.89. The highest BCUT2D eigenvalue weighted by Crippen LogP contribution is 2.14. The summed E-state index contributed by atoms with van der Waals surface area (Å²) in [6, 6.07) is 17.4. The standard InChI is InChI=1S/C24H27N5O2/c30-23(12-11-20-17-26-29(18-20)22-9-2-1-3-10-22)25-16-19-7-6-8-21(15-19)27-24(31)28-13-4-5-14-28/h1-3,6-10,15,17-18H,4-5,11-14,16H2,(H,25,30)(H,27,31). The molecule has 1 aliphatic heterocycles. The van der Waals surface area contributed by atoms with E-state index in [1.165, 1.54) is 0 Å². The van der Waals surface area contributed by atoms with Gasteiger partial charge in [0.1, 0.15) is 0 Å². The van der Waals surface area contributed by atoms with Crippen molar-refractivity contribution in [3.8, 4) is 5.69 Å². The second-order valence-corrected chi connectivity index (χ2v) is 7.73. The highest BCUT2D eigenvalue weighted by Gasteiger charge is 2.17. The third-order valence-electron chi connectivity index (χ3n) is 5.36. The Labute approximate surface area is 182 Å². The van der Waals surface area contributed by atoms with Crippen molar-refractivity contribution in [3.05, 3.63) is 78.1 Å². The summed E-state index contributed by atoms with van der Waals surface area (Å²) in [6.45, 7) is 2.05. The zero-order chi connectivity index (χ0) is 21.5. The van der Waals surface area contributed by atoms with Crippen molar-refractivity contribution >= 4 is 17.6 Å². The zero-order valence-corrected chi connectivity index (χ0v) is 17.5. The molecule has 0 unspecified atom stereocenters. The molecule has 0 radical (unpaired) electrons. The Morgan fingerprint density at radius 3 is 2.58 bits per heavy atom. The maximum atomic E-state index is 12.3. The van der Waals surface area contributed by atoms with Crippen molar-refractivity contribution in [2.24, 2.45) is 0 Å². The summed E-state index contributed by atoms with van der Waals surface area (Å²) >= 11 is 0. The Hall–Kier alpha value is -3.61. The molecule has 2 aromatic carbocycles. The van der Waals surface area contributed by atoms with Crippen molar-refractivity contribution in [2.75, 3.05) is 18.4 Å². The molecule has 1 aliphatic rings. The van der Waals surface area contributed by atoms with Gasteiger partial charge in [0.15, 0.2) is 0 Å². The molecule has 3 amide bonds. The fourth-order valence-electron chi connectivity index (χ4n) is 3.64. The van der Waals surface area contributed by atoms with Gasteiger partial charge in [0.2, 0.25) is 5.91 Å². The molecule has 0 spiro atoms. The monoisotopic (exact) mass is 417 g/mol. The number of para-hydroxylation sites is 1. The van der Waals surface area contributed by atoms with Gasteiger partial charge in [-0.2, -0.15) is 5.10 Å². The quantitative estimate of drug-likeness (QED) is 0.615. The molecule has 3 aromatic rings. The number of hydrogen-bond donors (Lipinski definition) is 2. The fourth-order valence-corrected chi connectivity index (χ4v) is 3.64. The largest absolute Gasteiger partial charge is 0.352 e. The van der Waals surface area contributed by atoms with E-state index < -0.39 is 0 Å². The number of carbonyl (C=O) groups is 2. The highest BCUT2D eigenvalue weighted by atomic mass is 16.2. The van der Waals surface area contributed by atoms with Crippen LogP contribution in [0, 0.1) is 0 Å². The van der Waals surface area contributed by atoms with Crippen LogP contribution in [-0.2, 0) is 17.8 Å². The average Bonchev–Trinajstić information content (AvgIpc) is 3.50. The smallest absolute Gasteiger partial charge is 0.321 e. The SMILES string of the molecule is O=C(CCc1cnn(-c2ccccc2)c1)NCc1cccc(NC(=O)N2CCCC2)c1. The molecule has 1 aromatic heterocycles. The summed E-state index contributed by atoms with van der Waals surface area (Å²) in [5, 5.41) is 10.3. The van der Waals surface area contributed by atoms with Crippen LogP contribution >= 0.6 is 0 Å². The lowest BCUT2D eigenvalue weighted by molar-refractivity contribution is -0.121. The Kier molecular flexibility index (Phi) is 6.62. The van der Waals surface area contributed by atoms with Crippen LogP contribution in [0.1, 0.15) is 30.4 Å². The Morgan fingerprint density at radius 2 is 1.77 bits per heavy atom. The summed E-state index contributed by atoms with van der Waals surface area (Å²) in [4.78, 5) is 26.4. The first-order valence-electron chi connectivity index (χ1n) is 10.7. The van der Waals surface area contributed by atoms with Gasteiger partial charge < -0.3 is 15.5 Å². The third kappa shape index (κ3) is 5.72. The molecule has 31 heavy (non-hydrogen) atoms. The number of aryl methyl sites for hydroxylation is 1. The van der Waals surface area contributed by atoms with Crippen LogP contribution in [0.15, 0.2) is 67.0 Å². The molecule has 0 aliphatic carbocycles. The molecule has 0 bridgehead atoms. The predicted molar refractivity (Wildman–Crippen MR) is 120 cm³/mol. The number of hydrogen-bond acceptors (Lipinski definition) is 3. The van der Waals surface area contributed by atoms with Crippen LogP contribution in [0.3, 0.4) is 0 Å². The van der Waals surface area contributed by atoms with E-state index in [0.29, 0.717) is 19.4 Å². The van der Waals surface area contributed by atoms with E-state index >= 15 is 0 Å². The van der Waals surface area contributed by atoms with Crippen LogP contribution in [0.25, 0.3) is 5.69 Å². The fraction of sp³-hybridized carbons (Fsp3) is 0.292. The van der Waals surface area contributed by atoms with E-state index in [0.717, 1.165) is 48.4 Å². The summed E-state index contributed by atoms with van der Waals surface area (Å²) < 4.78 is 1.81. The first-order valence-corrected chi connectivity index (χ1v) is 10.7. The number of amides is 3. The first-order chi connectivity index (χ1) is 15.2. The van der Waals surface area contributed by atoms with Crippen LogP contribution in [0.5, 0.6) is 0 Å². The van der Waals surface area contributed by atoms with E-state index in [4.69, 9.17) is 0 Å². The second-order valence-electron chi connectivity index (χ2n) is 7.73. The molecular formula is C24H27N5O2. The Bertz CT molecular complexity index is 1030. The Morgan fingerprint density at radius 1 is 0.968 bits per heavy atom. The second kappa shape index (κ2) is 9.93. The number of rotatable bonds is 7. The maximum Gasteiger partial charge on any atom is 0.321 e. The number of likely N-dealkylation sites (tertiary alicyclic amines) is 1. The number of nitrogens with one attached hydrogen (secondary N) is 2. The number of urea groups is 1. The van der Waals surface area contributed by atoms with E-state index in [1.807, 2.05) is 70.4 Å². The maximum absolute atomic E-state index is 12.3. The lowest BCUT2D eigenvalue weighted by atomic mass is 10.1. The lowest BCUT2D eigenvalue weighted by Crippen LogP contribution is -2.32. The van der Waals surface area contributed by atoms with Gasteiger partial charge in [-0.1, -0.05) is 30.3 Å². The van der Waals surface area contributed by atoms with Gasteiger partial charge in [-0.15, -0.1) is 0 Å². The molecule has 0 atom stereocenters. The topological polar surface area (TPSA) is 79.3 Å². The van der Waals surface area contributed by atoms with Gasteiger partial charge >= 0.3 is 6.03 Å². The third-order valence-corrected chi connectivity index (χ3v) is 5.36. The molecule has 160 valence electrons. The van der Waals surface area contributed by atoms with Gasteiger partial charge in [-0.25, -0.2) is 9.48 Å². The normalized spacial score (nSPS) is 13.2. The summed E-state index contributed by atoms with van der Waals surface area (Å²) in [6.07, 6.45) is 6.90. The van der Waals surface area contributed by atoms with Gasteiger partial charge in [-0.05, 0) is 54.7 Å². The molecule has 2 heterocycles. The molecule has 7 nitrogen and oxygen atoms in total. The van der Waals surface area contributed by atoms with Crippen LogP contribution in [0.4, 0.5) is 10.5 Å². The van der Waals surface area contributed by atoms with E-state index in [9.17, 15) is 9.59 Å². The van der Waals surface area contributed by atoms with E-state index in [2.05, 4.69) is 15.7 Å². The number of carbonyl (C=O) groups excluding carboxylic acids is 2. The predicted octanol–water partition coefficient (Wildman–Crippen LogP) is 3.75. The number of benzene rings is 2. The van der Waals surface area contributed by atoms with Gasteiger partial charge in [0.25, 0.3) is 0 Å². The van der Waals surface area contributed by atoms with Crippen molar-refractivity contribution in [3.63, 3.8) is 0 Å². The van der Waals surface area contributed by atoms with Crippen molar-refractivity contribution in [2.45, 2.75) is 32.2 Å². The average molecular weight is 418 g/mol. The molecule has 4 rings (SSSR count). The number of anilines is 1. The minimum atomic E-state index is -0.0604. The van der Waals surface area contributed by atoms with Gasteiger partial charge in [-0.3, -0.25) is 4.79 Å². The van der Waals surface area contributed by atoms with Crippen molar-refractivity contribution in [1.29, 1.82) is 0 Å². The first kappa shape index (κ1) is 20.7. The Balaban J connectivity index is 1.23. The summed E-state index contributed by atoms with van der Waals surface area (Å²) in [7, 11) is 0. The zero-order valence-electron chi connectivity index (χ0n) is 17.5. The number of aromatic nitrogens is 2. The van der Waals surface area contributed by atoms with Crippen molar-refractivity contribution in [1.82, 2.24) is 20.0 Å². The minimum Gasteiger partial charge on any atom is -0.352 e. The molecule has 1 saturated heterocycles. The van der Waals surface area contributed by atoms with E-state index in [-0.39, 0.29) is 11.9 Å². The number of nitrogens with zero attached hydrogens (tertiary/aromatic N) is 3. The molecule has 2 N–H and O–H groups in total. The summed E-state index contributed by atoms with van der Waals surface area (Å²) in [5.41, 5.74) is 3.71. The lowest BCUT2D eigenvalue weighted by Gasteiger charge is -2.16. The molecule has 1 fully saturated rings. The van der Waals surface area contributed by atoms with Gasteiger partial charge in [0, 0.05) is 37.9 Å². The minimum absolute atomic E-state index is 0.0148. The van der Waals surface area contributed by atoms with Crippen LogP contribution in [0.2, 0.25) is 0 Å². The van der Waals surface area contributed by atoms with Crippen LogP contribution in [-0.4, -0.2) is 39.7 Å². The molecule has 0 saturated carbocycles. The van der Waals surface area contributed by atoms with Crippen molar-refractivity contribution < 1.29 is 9.59 Å². The van der Waals surface area contributed by atoms with E-state index in [1.54, 1.807) is 6.20 Å². The van der Waals surface area contributed by atoms with Gasteiger partial charge in [0.05, 0.1) is 11.9 Å². The molecule has 7 heteroatoms. The van der Waals surface area contributed by atoms with Crippen LogP contribution < -0.4 is 10.6 Å².